The fourth-order valence-electron chi connectivity index (χ4n) is 2.57. The van der Waals surface area contributed by atoms with E-state index >= 15 is 0 Å². The Bertz CT molecular complexity index is 1330. The molecule has 12 heteroatoms. The number of amides is 1. The van der Waals surface area contributed by atoms with Gasteiger partial charge in [0.25, 0.3) is 10.0 Å². The Kier molecular flexibility index (Phi) is 7.53. The van der Waals surface area contributed by atoms with Crippen LogP contribution in [0.1, 0.15) is 5.56 Å². The van der Waals surface area contributed by atoms with Crippen LogP contribution in [0.4, 0.5) is 11.6 Å². The van der Waals surface area contributed by atoms with Crippen molar-refractivity contribution in [3.05, 3.63) is 84.0 Å². The largest absolute Gasteiger partial charge is 0.325 e. The summed E-state index contributed by atoms with van der Waals surface area (Å²) >= 11 is 0. The molecule has 3 aromatic rings. The van der Waals surface area contributed by atoms with E-state index < -0.39 is 32.5 Å². The second-order valence-electron chi connectivity index (χ2n) is 6.76. The highest BCUT2D eigenvalue weighted by Crippen LogP contribution is 2.16. The van der Waals surface area contributed by atoms with Crippen LogP contribution in [0.15, 0.2) is 83.4 Å². The molecule has 1 aromatic heterocycles. The number of carbonyl (C=O) groups excluding carboxylic acids is 1. The quantitative estimate of drug-likeness (QED) is 0.471. The molecule has 1 heterocycles. The van der Waals surface area contributed by atoms with Crippen molar-refractivity contribution in [2.45, 2.75) is 4.90 Å². The molecule has 0 spiro atoms. The molecule has 0 atom stereocenters. The first-order valence-corrected chi connectivity index (χ1v) is 12.5. The van der Waals surface area contributed by atoms with Gasteiger partial charge in [-0.1, -0.05) is 30.3 Å². The van der Waals surface area contributed by atoms with Gasteiger partial charge in [-0.25, -0.2) is 31.5 Å². The minimum atomic E-state index is -3.91. The molecule has 0 radical (unpaired) electrons. The number of carbonyl (C=O) groups is 1. The second kappa shape index (κ2) is 10.3. The topological polar surface area (TPSA) is 138 Å². The van der Waals surface area contributed by atoms with Crippen LogP contribution in [0.3, 0.4) is 0 Å². The third-order valence-corrected chi connectivity index (χ3v) is 7.09. The minimum Gasteiger partial charge on any atom is -0.325 e. The van der Waals surface area contributed by atoms with E-state index in [1.165, 1.54) is 49.8 Å². The van der Waals surface area contributed by atoms with E-state index in [-0.39, 0.29) is 10.8 Å². The highest BCUT2D eigenvalue weighted by Gasteiger charge is 2.19. The van der Waals surface area contributed by atoms with Crippen molar-refractivity contribution in [3.8, 4) is 0 Å². The average Bonchev–Trinajstić information content (AvgIpc) is 2.79. The fraction of sp³-hybridized carbons (Fsp3) is 0.0952. The summed E-state index contributed by atoms with van der Waals surface area (Å²) in [6.07, 6.45) is 4.24. The zero-order valence-electron chi connectivity index (χ0n) is 17.5. The summed E-state index contributed by atoms with van der Waals surface area (Å²) in [6.45, 7) is -0.422. The van der Waals surface area contributed by atoms with E-state index in [4.69, 9.17) is 0 Å². The molecule has 0 aliphatic rings. The summed E-state index contributed by atoms with van der Waals surface area (Å²) in [5.74, 6) is -0.652. The molecule has 33 heavy (non-hydrogen) atoms. The lowest BCUT2D eigenvalue weighted by Crippen LogP contribution is -2.33. The van der Waals surface area contributed by atoms with Gasteiger partial charge in [0.1, 0.15) is 0 Å². The van der Waals surface area contributed by atoms with Gasteiger partial charge in [-0.2, -0.15) is 4.31 Å². The van der Waals surface area contributed by atoms with Crippen molar-refractivity contribution in [3.63, 3.8) is 0 Å². The molecule has 3 rings (SSSR count). The van der Waals surface area contributed by atoms with E-state index in [9.17, 15) is 21.6 Å². The third kappa shape index (κ3) is 6.94. The van der Waals surface area contributed by atoms with Gasteiger partial charge in [-0.3, -0.25) is 4.79 Å². The first kappa shape index (κ1) is 24.0. The van der Waals surface area contributed by atoms with Crippen LogP contribution in [0, 0.1) is 0 Å². The lowest BCUT2D eigenvalue weighted by Gasteiger charge is -2.14. The maximum Gasteiger partial charge on any atom is 0.264 e. The summed E-state index contributed by atoms with van der Waals surface area (Å²) in [7, 11) is -6.43. The van der Waals surface area contributed by atoms with E-state index in [0.29, 0.717) is 11.3 Å². The van der Waals surface area contributed by atoms with E-state index in [1.54, 1.807) is 30.3 Å². The molecule has 172 valence electrons. The molecule has 1 amide bonds. The number of sulfonamides is 2. The minimum absolute atomic E-state index is 0.0568. The zero-order valence-corrected chi connectivity index (χ0v) is 19.1. The fourth-order valence-corrected chi connectivity index (χ4v) is 4.37. The number of anilines is 2. The third-order valence-electron chi connectivity index (χ3n) is 4.27. The van der Waals surface area contributed by atoms with Crippen LogP contribution < -0.4 is 10.0 Å². The molecule has 2 N–H and O–H groups in total. The Morgan fingerprint density at radius 1 is 0.939 bits per heavy atom. The first-order chi connectivity index (χ1) is 15.7. The molecule has 0 fully saturated rings. The lowest BCUT2D eigenvalue weighted by atomic mass is 10.2. The Balaban J connectivity index is 1.59. The Morgan fingerprint density at radius 2 is 1.58 bits per heavy atom. The number of benzene rings is 2. The van der Waals surface area contributed by atoms with Crippen molar-refractivity contribution >= 4 is 43.7 Å². The first-order valence-electron chi connectivity index (χ1n) is 9.55. The molecular weight excluding hydrogens is 466 g/mol. The molecule has 0 unspecified atom stereocenters. The Hall–Kier alpha value is -3.61. The highest BCUT2D eigenvalue weighted by molar-refractivity contribution is 7.92. The van der Waals surface area contributed by atoms with E-state index in [1.807, 2.05) is 6.07 Å². The monoisotopic (exact) mass is 487 g/mol. The van der Waals surface area contributed by atoms with Crippen LogP contribution in [-0.2, 0) is 24.8 Å². The SMILES string of the molecule is CN(CC(=O)Nc1ccc(S(=O)(=O)Nc2ncccn2)cc1)S(=O)(=O)/C=C/c1ccccc1. The lowest BCUT2D eigenvalue weighted by molar-refractivity contribution is -0.116. The van der Waals surface area contributed by atoms with Crippen LogP contribution in [0.5, 0.6) is 0 Å². The van der Waals surface area contributed by atoms with Crippen molar-refractivity contribution in [2.24, 2.45) is 0 Å². The number of rotatable bonds is 9. The summed E-state index contributed by atoms with van der Waals surface area (Å²) in [5, 5.41) is 3.56. The molecule has 10 nitrogen and oxygen atoms in total. The molecular formula is C21H21N5O5S2. The number of hydrogen-bond donors (Lipinski definition) is 2. The van der Waals surface area contributed by atoms with Gasteiger partial charge in [0.2, 0.25) is 21.9 Å². The number of aromatic nitrogens is 2. The van der Waals surface area contributed by atoms with E-state index in [2.05, 4.69) is 20.0 Å². The molecule has 2 aromatic carbocycles. The van der Waals surface area contributed by atoms with Crippen molar-refractivity contribution in [1.82, 2.24) is 14.3 Å². The van der Waals surface area contributed by atoms with E-state index in [0.717, 1.165) is 9.71 Å². The Labute approximate surface area is 192 Å². The van der Waals surface area contributed by atoms with Crippen LogP contribution in [0.25, 0.3) is 6.08 Å². The standard InChI is InChI=1S/C21H21N5O5S2/c1-26(32(28,29)15-12-17-6-3-2-4-7-17)16-20(27)24-18-8-10-19(11-9-18)33(30,31)25-21-22-13-5-14-23-21/h2-15H,16H2,1H3,(H,24,27)(H,22,23,25)/b15-12+. The second-order valence-corrected chi connectivity index (χ2v) is 10.4. The van der Waals surface area contributed by atoms with Crippen molar-refractivity contribution in [2.75, 3.05) is 23.6 Å². The molecule has 0 aliphatic heterocycles. The van der Waals surface area contributed by atoms with Gasteiger partial charge in [0, 0.05) is 30.5 Å². The molecule has 0 bridgehead atoms. The normalized spacial score (nSPS) is 12.1. The maximum atomic E-state index is 12.4. The number of nitrogens with zero attached hydrogens (tertiary/aromatic N) is 3. The summed E-state index contributed by atoms with van der Waals surface area (Å²) < 4.78 is 52.7. The van der Waals surface area contributed by atoms with Gasteiger partial charge < -0.3 is 5.32 Å². The average molecular weight is 488 g/mol. The maximum absolute atomic E-state index is 12.4. The predicted octanol–water partition coefficient (Wildman–Crippen LogP) is 2.15. The number of nitrogens with one attached hydrogen (secondary N) is 2. The molecule has 0 aliphatic carbocycles. The molecule has 0 saturated heterocycles. The number of likely N-dealkylation sites (N-methyl/N-ethyl adjacent to an activating group) is 1. The highest BCUT2D eigenvalue weighted by atomic mass is 32.2. The zero-order chi connectivity index (χ0) is 23.9. The van der Waals surface area contributed by atoms with Gasteiger partial charge in [-0.15, -0.1) is 0 Å². The summed E-state index contributed by atoms with van der Waals surface area (Å²) in [5.41, 5.74) is 1.02. The van der Waals surface area contributed by atoms with Crippen LogP contribution in [0.2, 0.25) is 0 Å². The van der Waals surface area contributed by atoms with Gasteiger partial charge in [-0.05, 0) is 42.0 Å². The van der Waals surface area contributed by atoms with Crippen LogP contribution >= 0.6 is 0 Å². The van der Waals surface area contributed by atoms with Gasteiger partial charge >= 0.3 is 0 Å². The van der Waals surface area contributed by atoms with Gasteiger partial charge in [0.15, 0.2) is 0 Å². The summed E-state index contributed by atoms with van der Waals surface area (Å²) in [4.78, 5) is 19.8. The predicted molar refractivity (Wildman–Crippen MR) is 125 cm³/mol. The molecule has 0 saturated carbocycles. The van der Waals surface area contributed by atoms with Crippen molar-refractivity contribution < 1.29 is 21.6 Å². The van der Waals surface area contributed by atoms with Crippen molar-refractivity contribution in [1.29, 1.82) is 0 Å². The van der Waals surface area contributed by atoms with Gasteiger partial charge in [0.05, 0.1) is 11.4 Å². The smallest absolute Gasteiger partial charge is 0.264 e. The summed E-state index contributed by atoms with van der Waals surface area (Å²) in [6, 6.07) is 15.8. The van der Waals surface area contributed by atoms with Crippen LogP contribution in [-0.4, -0.2) is 50.6 Å². The Morgan fingerprint density at radius 3 is 2.21 bits per heavy atom. The number of hydrogen-bond acceptors (Lipinski definition) is 7.